The number of carbonyl (C=O) groups excluding carboxylic acids is 1. The Morgan fingerprint density at radius 2 is 2.29 bits per heavy atom. The van der Waals surface area contributed by atoms with Gasteiger partial charge in [-0.15, -0.1) is 0 Å². The van der Waals surface area contributed by atoms with Crippen molar-refractivity contribution in [1.82, 2.24) is 19.3 Å². The van der Waals surface area contributed by atoms with Crippen LogP contribution >= 0.6 is 15.9 Å². The fraction of sp³-hybridized carbons (Fsp3) is 0.462. The molecule has 0 bridgehead atoms. The summed E-state index contributed by atoms with van der Waals surface area (Å²) >= 11 is 3.25. The molecule has 0 aliphatic carbocycles. The predicted molar refractivity (Wildman–Crippen MR) is 76.7 cm³/mol. The van der Waals surface area contributed by atoms with Crippen LogP contribution < -0.4 is 0 Å². The van der Waals surface area contributed by atoms with Gasteiger partial charge >= 0.3 is 0 Å². The van der Waals surface area contributed by atoms with Crippen molar-refractivity contribution in [2.75, 3.05) is 19.7 Å². The highest BCUT2D eigenvalue weighted by Gasteiger charge is 2.37. The van der Waals surface area contributed by atoms with Gasteiger partial charge in [-0.05, 0) is 28.8 Å². The van der Waals surface area contributed by atoms with E-state index in [0.29, 0.717) is 28.9 Å². The Kier molecular flexibility index (Phi) is 3.66. The van der Waals surface area contributed by atoms with Crippen LogP contribution in [0.3, 0.4) is 0 Å². The van der Waals surface area contributed by atoms with E-state index >= 15 is 0 Å². The van der Waals surface area contributed by atoms with Crippen molar-refractivity contribution in [3.05, 3.63) is 28.9 Å². The number of fused-ring (bicyclic) bond motifs is 1. The van der Waals surface area contributed by atoms with Crippen LogP contribution in [0.5, 0.6) is 0 Å². The molecule has 6 nitrogen and oxygen atoms in total. The number of hydrogen-bond donors (Lipinski definition) is 1. The lowest BCUT2D eigenvalue weighted by Crippen LogP contribution is -2.50. The number of likely N-dealkylation sites (tertiary alicyclic amines) is 1. The van der Waals surface area contributed by atoms with Crippen molar-refractivity contribution >= 4 is 27.5 Å². The zero-order valence-electron chi connectivity index (χ0n) is 11.2. The van der Waals surface area contributed by atoms with Gasteiger partial charge in [0.1, 0.15) is 10.3 Å². The Hall–Kier alpha value is -1.54. The van der Waals surface area contributed by atoms with E-state index in [2.05, 4.69) is 25.9 Å². The molecule has 1 aliphatic rings. The fourth-order valence-electron chi connectivity index (χ4n) is 2.58. The van der Waals surface area contributed by atoms with E-state index in [0.717, 1.165) is 0 Å². The van der Waals surface area contributed by atoms with Gasteiger partial charge in [-0.3, -0.25) is 9.20 Å². The van der Waals surface area contributed by atoms with Gasteiger partial charge in [-0.25, -0.2) is 14.4 Å². The first-order valence-corrected chi connectivity index (χ1v) is 7.39. The molecule has 0 aromatic carbocycles. The Morgan fingerprint density at radius 1 is 1.48 bits per heavy atom. The third-order valence-electron chi connectivity index (χ3n) is 3.68. The Balaban J connectivity index is 1.92. The quantitative estimate of drug-likeness (QED) is 0.883. The van der Waals surface area contributed by atoms with E-state index in [4.69, 9.17) is 5.11 Å². The average molecular weight is 357 g/mol. The Labute approximate surface area is 128 Å². The lowest BCUT2D eigenvalue weighted by Gasteiger charge is -2.36. The summed E-state index contributed by atoms with van der Waals surface area (Å²) in [6, 6.07) is 0. The summed E-state index contributed by atoms with van der Waals surface area (Å²) in [5.41, 5.74) is -0.807. The number of imidazole rings is 1. The summed E-state index contributed by atoms with van der Waals surface area (Å²) in [7, 11) is 0. The smallest absolute Gasteiger partial charge is 0.272 e. The number of nitrogens with zero attached hydrogens (tertiary/aromatic N) is 4. The first-order valence-electron chi connectivity index (χ1n) is 6.60. The molecule has 0 spiro atoms. The van der Waals surface area contributed by atoms with Gasteiger partial charge in [-0.1, -0.05) is 0 Å². The molecule has 1 unspecified atom stereocenters. The number of aliphatic hydroxyl groups excluding tert-OH is 1. The van der Waals surface area contributed by atoms with E-state index in [1.54, 1.807) is 16.8 Å². The Morgan fingerprint density at radius 3 is 3.05 bits per heavy atom. The average Bonchev–Trinajstić information content (AvgIpc) is 2.89. The molecular formula is C13H14BrFN4O2. The maximum Gasteiger partial charge on any atom is 0.272 e. The molecule has 1 aliphatic heterocycles. The Bertz CT molecular complexity index is 692. The molecule has 2 aromatic rings. The summed E-state index contributed by atoms with van der Waals surface area (Å²) in [5, 5.41) is 9.14. The van der Waals surface area contributed by atoms with Crippen molar-refractivity contribution in [2.45, 2.75) is 18.5 Å². The first kappa shape index (κ1) is 14.4. The molecule has 1 saturated heterocycles. The number of aromatic nitrogens is 3. The fourth-order valence-corrected chi connectivity index (χ4v) is 2.88. The van der Waals surface area contributed by atoms with Crippen LogP contribution in [0, 0.1) is 0 Å². The SMILES string of the molecule is O=C(c1cnc2cnc(Br)cn12)N1CCCC(F)(CO)C1. The summed E-state index contributed by atoms with van der Waals surface area (Å²) in [6.07, 6.45) is 5.46. The molecule has 21 heavy (non-hydrogen) atoms. The molecule has 3 rings (SSSR count). The van der Waals surface area contributed by atoms with Crippen molar-refractivity contribution in [2.24, 2.45) is 0 Å². The van der Waals surface area contributed by atoms with Crippen LogP contribution in [0.2, 0.25) is 0 Å². The second-order valence-electron chi connectivity index (χ2n) is 5.22. The highest BCUT2D eigenvalue weighted by molar-refractivity contribution is 9.10. The second-order valence-corrected chi connectivity index (χ2v) is 6.03. The van der Waals surface area contributed by atoms with Gasteiger partial charge in [0.15, 0.2) is 11.3 Å². The van der Waals surface area contributed by atoms with Crippen molar-refractivity contribution in [3.8, 4) is 0 Å². The van der Waals surface area contributed by atoms with Gasteiger partial charge in [0.25, 0.3) is 5.91 Å². The number of hydrogen-bond acceptors (Lipinski definition) is 4. The molecular weight excluding hydrogens is 343 g/mol. The molecule has 2 aromatic heterocycles. The van der Waals surface area contributed by atoms with Gasteiger partial charge in [0.2, 0.25) is 0 Å². The minimum Gasteiger partial charge on any atom is -0.393 e. The predicted octanol–water partition coefficient (Wildman–Crippen LogP) is 1.43. The van der Waals surface area contributed by atoms with E-state index in [-0.39, 0.29) is 18.9 Å². The van der Waals surface area contributed by atoms with E-state index in [1.807, 2.05) is 0 Å². The summed E-state index contributed by atoms with van der Waals surface area (Å²) < 4.78 is 16.4. The third-order valence-corrected chi connectivity index (χ3v) is 4.09. The molecule has 0 radical (unpaired) electrons. The summed E-state index contributed by atoms with van der Waals surface area (Å²) in [6.45, 7) is -0.189. The number of rotatable bonds is 2. The minimum absolute atomic E-state index is 0.0954. The highest BCUT2D eigenvalue weighted by atomic mass is 79.9. The standard InChI is InChI=1S/C13H14BrFN4O2/c14-10-6-19-9(4-17-11(19)5-16-10)12(21)18-3-1-2-13(15,7-18)8-20/h4-6,20H,1-3,7-8H2. The summed E-state index contributed by atoms with van der Waals surface area (Å²) in [4.78, 5) is 22.2. The third kappa shape index (κ3) is 2.65. The van der Waals surface area contributed by atoms with Crippen LogP contribution in [0.1, 0.15) is 23.3 Å². The minimum atomic E-state index is -1.71. The number of piperidine rings is 1. The van der Waals surface area contributed by atoms with Crippen LogP contribution in [0.15, 0.2) is 23.2 Å². The molecule has 112 valence electrons. The van der Waals surface area contributed by atoms with E-state index in [1.165, 1.54) is 11.1 Å². The van der Waals surface area contributed by atoms with Gasteiger partial charge in [0.05, 0.1) is 25.5 Å². The zero-order chi connectivity index (χ0) is 15.0. The molecule has 0 saturated carbocycles. The van der Waals surface area contributed by atoms with Crippen LogP contribution in [0.4, 0.5) is 4.39 Å². The van der Waals surface area contributed by atoms with E-state index < -0.39 is 12.3 Å². The molecule has 1 atom stereocenters. The van der Waals surface area contributed by atoms with E-state index in [9.17, 15) is 9.18 Å². The topological polar surface area (TPSA) is 70.7 Å². The van der Waals surface area contributed by atoms with Gasteiger partial charge in [0, 0.05) is 12.7 Å². The lowest BCUT2D eigenvalue weighted by molar-refractivity contribution is 0.00147. The van der Waals surface area contributed by atoms with Crippen LogP contribution in [0.25, 0.3) is 5.65 Å². The van der Waals surface area contributed by atoms with Crippen LogP contribution in [-0.4, -0.2) is 55.6 Å². The molecule has 1 fully saturated rings. The monoisotopic (exact) mass is 356 g/mol. The number of alkyl halides is 1. The molecule has 3 heterocycles. The maximum atomic E-state index is 14.2. The second kappa shape index (κ2) is 5.34. The summed E-state index contributed by atoms with van der Waals surface area (Å²) in [5.74, 6) is -0.296. The van der Waals surface area contributed by atoms with Crippen LogP contribution in [-0.2, 0) is 0 Å². The maximum absolute atomic E-state index is 14.2. The highest BCUT2D eigenvalue weighted by Crippen LogP contribution is 2.26. The first-order chi connectivity index (χ1) is 10.0. The number of halogens is 2. The molecule has 1 amide bonds. The number of carbonyl (C=O) groups is 1. The number of amides is 1. The van der Waals surface area contributed by atoms with Gasteiger partial charge < -0.3 is 10.0 Å². The lowest BCUT2D eigenvalue weighted by atomic mass is 9.95. The van der Waals surface area contributed by atoms with Crippen molar-refractivity contribution < 1.29 is 14.3 Å². The largest absolute Gasteiger partial charge is 0.393 e. The normalized spacial score (nSPS) is 22.7. The van der Waals surface area contributed by atoms with Crippen molar-refractivity contribution in [1.29, 1.82) is 0 Å². The van der Waals surface area contributed by atoms with Crippen molar-refractivity contribution in [3.63, 3.8) is 0 Å². The molecule has 8 heteroatoms. The van der Waals surface area contributed by atoms with Gasteiger partial charge in [-0.2, -0.15) is 0 Å². The zero-order valence-corrected chi connectivity index (χ0v) is 12.8. The number of aliphatic hydroxyl groups is 1. The molecule has 1 N–H and O–H groups in total.